The van der Waals surface area contributed by atoms with Crippen molar-refractivity contribution < 1.29 is 14.3 Å². The summed E-state index contributed by atoms with van der Waals surface area (Å²) in [6.07, 6.45) is 8.78. The SMILES string of the molecule is C[C@H]1CC[C@H](c2ccn(-c3ccn(C4CCCCO4)n3)n2)N(C(=O)OC(C)(C)C)C1. The average Bonchev–Trinajstić information content (AvgIpc) is 3.37. The fourth-order valence-electron chi connectivity index (χ4n) is 4.17. The molecular formula is C22H33N5O3. The standard InChI is InChI=1S/C22H33N5O3/c1-16-8-9-18(25(15-16)21(28)30-22(2,3)4)17-10-12-26(23-17)19-11-13-27(24-19)20-7-5-6-14-29-20/h10-13,16,18,20H,5-9,14-15H2,1-4H3/t16-,18+,20?/m0/s1. The van der Waals surface area contributed by atoms with Gasteiger partial charge in [-0.15, -0.1) is 0 Å². The van der Waals surface area contributed by atoms with E-state index in [1.165, 1.54) is 0 Å². The molecule has 0 aromatic carbocycles. The van der Waals surface area contributed by atoms with Crippen LogP contribution in [0.3, 0.4) is 0 Å². The normalized spacial score (nSPS) is 25.3. The molecule has 0 radical (unpaired) electrons. The van der Waals surface area contributed by atoms with Crippen LogP contribution >= 0.6 is 0 Å². The average molecular weight is 416 g/mol. The smallest absolute Gasteiger partial charge is 0.410 e. The van der Waals surface area contributed by atoms with E-state index >= 15 is 0 Å². The van der Waals surface area contributed by atoms with E-state index in [0.29, 0.717) is 12.5 Å². The van der Waals surface area contributed by atoms with Crippen molar-refractivity contribution in [1.82, 2.24) is 24.5 Å². The molecule has 2 saturated heterocycles. The number of carbonyl (C=O) groups excluding carboxylic acids is 1. The summed E-state index contributed by atoms with van der Waals surface area (Å²) in [5.41, 5.74) is 0.353. The highest BCUT2D eigenvalue weighted by Gasteiger charge is 2.35. The third kappa shape index (κ3) is 4.69. The Morgan fingerprint density at radius 3 is 2.70 bits per heavy atom. The molecule has 0 N–H and O–H groups in total. The van der Waals surface area contributed by atoms with Crippen molar-refractivity contribution >= 4 is 6.09 Å². The van der Waals surface area contributed by atoms with Crippen molar-refractivity contribution in [2.75, 3.05) is 13.2 Å². The van der Waals surface area contributed by atoms with Crippen molar-refractivity contribution in [2.45, 2.75) is 77.7 Å². The molecule has 30 heavy (non-hydrogen) atoms. The summed E-state index contributed by atoms with van der Waals surface area (Å²) in [5, 5.41) is 9.43. The van der Waals surface area contributed by atoms with Crippen LogP contribution in [0.25, 0.3) is 5.82 Å². The number of likely N-dealkylation sites (tertiary alicyclic amines) is 1. The number of hydrogen-bond acceptors (Lipinski definition) is 5. The molecule has 8 heteroatoms. The maximum Gasteiger partial charge on any atom is 0.410 e. The minimum absolute atomic E-state index is 0.00465. The van der Waals surface area contributed by atoms with Crippen molar-refractivity contribution in [2.24, 2.45) is 5.92 Å². The lowest BCUT2D eigenvalue weighted by Crippen LogP contribution is -2.44. The van der Waals surface area contributed by atoms with Gasteiger partial charge in [-0.1, -0.05) is 6.92 Å². The van der Waals surface area contributed by atoms with Gasteiger partial charge < -0.3 is 9.47 Å². The molecule has 4 rings (SSSR count). The number of hydrogen-bond donors (Lipinski definition) is 0. The molecule has 0 bridgehead atoms. The minimum atomic E-state index is -0.518. The maximum absolute atomic E-state index is 12.8. The van der Waals surface area contributed by atoms with Crippen LogP contribution in [0.5, 0.6) is 0 Å². The summed E-state index contributed by atoms with van der Waals surface area (Å²) in [5.74, 6) is 1.20. The molecule has 2 aliphatic heterocycles. The fraction of sp³-hybridized carbons (Fsp3) is 0.682. The van der Waals surface area contributed by atoms with E-state index in [1.54, 1.807) is 4.68 Å². The van der Waals surface area contributed by atoms with Gasteiger partial charge in [-0.2, -0.15) is 10.2 Å². The number of rotatable bonds is 3. The number of carbonyl (C=O) groups is 1. The van der Waals surface area contributed by atoms with Crippen LogP contribution in [0, 0.1) is 5.92 Å². The van der Waals surface area contributed by atoms with E-state index in [2.05, 4.69) is 12.0 Å². The topological polar surface area (TPSA) is 74.4 Å². The molecule has 164 valence electrons. The second-order valence-corrected chi connectivity index (χ2v) is 9.49. The first kappa shape index (κ1) is 20.9. The van der Waals surface area contributed by atoms with Crippen molar-refractivity contribution in [3.05, 3.63) is 30.2 Å². The van der Waals surface area contributed by atoms with Crippen LogP contribution in [-0.2, 0) is 9.47 Å². The summed E-state index contributed by atoms with van der Waals surface area (Å²) < 4.78 is 15.1. The monoisotopic (exact) mass is 415 g/mol. The zero-order valence-electron chi connectivity index (χ0n) is 18.5. The maximum atomic E-state index is 12.8. The molecule has 8 nitrogen and oxygen atoms in total. The van der Waals surface area contributed by atoms with Crippen LogP contribution in [0.1, 0.15) is 77.8 Å². The summed E-state index contributed by atoms with van der Waals surface area (Å²) in [4.78, 5) is 14.7. The van der Waals surface area contributed by atoms with Gasteiger partial charge in [-0.25, -0.2) is 14.2 Å². The molecule has 3 atom stereocenters. The first-order valence-electron chi connectivity index (χ1n) is 11.0. The highest BCUT2D eigenvalue weighted by atomic mass is 16.6. The number of aromatic nitrogens is 4. The molecule has 0 spiro atoms. The largest absolute Gasteiger partial charge is 0.444 e. The van der Waals surface area contributed by atoms with E-state index < -0.39 is 5.60 Å². The minimum Gasteiger partial charge on any atom is -0.444 e. The van der Waals surface area contributed by atoms with Gasteiger partial charge in [0, 0.05) is 31.6 Å². The molecule has 1 unspecified atom stereocenters. The van der Waals surface area contributed by atoms with E-state index in [9.17, 15) is 4.79 Å². The highest BCUT2D eigenvalue weighted by molar-refractivity contribution is 5.69. The number of piperidine rings is 1. The van der Waals surface area contributed by atoms with Gasteiger partial charge in [-0.05, 0) is 64.9 Å². The second kappa shape index (κ2) is 8.41. The van der Waals surface area contributed by atoms with Gasteiger partial charge in [0.1, 0.15) is 11.8 Å². The second-order valence-electron chi connectivity index (χ2n) is 9.49. The summed E-state index contributed by atoms with van der Waals surface area (Å²) >= 11 is 0. The zero-order chi connectivity index (χ0) is 21.3. The molecular weight excluding hydrogens is 382 g/mol. The van der Waals surface area contributed by atoms with Crippen LogP contribution in [0.15, 0.2) is 24.5 Å². The molecule has 1 amide bonds. The Hall–Kier alpha value is -2.35. The Morgan fingerprint density at radius 2 is 1.97 bits per heavy atom. The lowest BCUT2D eigenvalue weighted by atomic mass is 9.93. The van der Waals surface area contributed by atoms with Crippen molar-refractivity contribution in [3.63, 3.8) is 0 Å². The molecule has 4 heterocycles. The predicted octanol–water partition coefficient (Wildman–Crippen LogP) is 4.48. The fourth-order valence-corrected chi connectivity index (χ4v) is 4.17. The quantitative estimate of drug-likeness (QED) is 0.739. The van der Waals surface area contributed by atoms with E-state index in [0.717, 1.165) is 50.2 Å². The van der Waals surface area contributed by atoms with Gasteiger partial charge in [0.15, 0.2) is 5.82 Å². The number of ether oxygens (including phenoxy) is 2. The number of nitrogens with zero attached hydrogens (tertiary/aromatic N) is 5. The Kier molecular flexibility index (Phi) is 5.86. The Balaban J connectivity index is 1.51. The zero-order valence-corrected chi connectivity index (χ0v) is 18.5. The van der Waals surface area contributed by atoms with Gasteiger partial charge in [-0.3, -0.25) is 4.90 Å². The van der Waals surface area contributed by atoms with E-state index in [4.69, 9.17) is 14.6 Å². The van der Waals surface area contributed by atoms with Gasteiger partial charge in [0.05, 0.1) is 11.7 Å². The Labute approximate surface area is 178 Å². The van der Waals surface area contributed by atoms with Gasteiger partial charge >= 0.3 is 6.09 Å². The number of amides is 1. The Morgan fingerprint density at radius 1 is 1.13 bits per heavy atom. The molecule has 2 aromatic rings. The third-order valence-corrected chi connectivity index (χ3v) is 5.68. The van der Waals surface area contributed by atoms with Gasteiger partial charge in [0.25, 0.3) is 0 Å². The summed E-state index contributed by atoms with van der Waals surface area (Å²) in [7, 11) is 0. The van der Waals surface area contributed by atoms with Crippen molar-refractivity contribution in [3.8, 4) is 5.82 Å². The first-order valence-corrected chi connectivity index (χ1v) is 11.0. The predicted molar refractivity (Wildman–Crippen MR) is 112 cm³/mol. The highest BCUT2D eigenvalue weighted by Crippen LogP contribution is 2.34. The summed E-state index contributed by atoms with van der Waals surface area (Å²) in [6, 6.07) is 3.85. The van der Waals surface area contributed by atoms with Crippen molar-refractivity contribution in [1.29, 1.82) is 0 Å². The van der Waals surface area contributed by atoms with E-state index in [-0.39, 0.29) is 18.4 Å². The molecule has 0 aliphatic carbocycles. The van der Waals surface area contributed by atoms with Crippen LogP contribution in [-0.4, -0.2) is 49.3 Å². The van der Waals surface area contributed by atoms with Crippen LogP contribution < -0.4 is 0 Å². The third-order valence-electron chi connectivity index (χ3n) is 5.68. The van der Waals surface area contributed by atoms with Gasteiger partial charge in [0.2, 0.25) is 0 Å². The van der Waals surface area contributed by atoms with Crippen LogP contribution in [0.4, 0.5) is 4.79 Å². The molecule has 2 aliphatic rings. The molecule has 2 aromatic heterocycles. The first-order chi connectivity index (χ1) is 14.3. The summed E-state index contributed by atoms with van der Waals surface area (Å²) in [6.45, 7) is 9.33. The van der Waals surface area contributed by atoms with Crippen LogP contribution in [0.2, 0.25) is 0 Å². The lowest BCUT2D eigenvalue weighted by Gasteiger charge is -2.38. The molecule has 0 saturated carbocycles. The lowest BCUT2D eigenvalue weighted by molar-refractivity contribution is -0.0395. The Bertz CT molecular complexity index is 862. The van der Waals surface area contributed by atoms with E-state index in [1.807, 2.05) is 54.9 Å². The molecule has 2 fully saturated rings.